The lowest BCUT2D eigenvalue weighted by Gasteiger charge is -2.28. The smallest absolute Gasteiger partial charge is 0.207 e. The zero-order chi connectivity index (χ0) is 29.8. The number of halogens is 4. The van der Waals surface area contributed by atoms with Gasteiger partial charge in [0.05, 0.1) is 23.5 Å². The predicted molar refractivity (Wildman–Crippen MR) is 152 cm³/mol. The maximum absolute atomic E-state index is 15.7. The molecule has 4 aromatic heterocycles. The van der Waals surface area contributed by atoms with Crippen molar-refractivity contribution in [3.05, 3.63) is 156 Å². The van der Waals surface area contributed by atoms with E-state index in [1.165, 1.54) is 23.9 Å². The Morgan fingerprint density at radius 3 is 1.82 bits per heavy atom. The van der Waals surface area contributed by atoms with Gasteiger partial charge in [0, 0.05) is 54.6 Å². The maximum atomic E-state index is 15.7. The minimum Gasteiger partial charge on any atom is -0.207 e. The Morgan fingerprint density at radius 2 is 1.09 bits per heavy atom. The third-order valence-electron chi connectivity index (χ3n) is 8.65. The van der Waals surface area contributed by atoms with Crippen molar-refractivity contribution >= 4 is 17.6 Å². The standard InChI is InChI=1S/C34H20F4N5S/c35-21-17-23-31(25(37)19-21)27-9-1-5-13-40(27)33(23)39-29-11-3-7-15-42(29)34(44-30-12-4-8-16-43(30)33)24-18-22(36)20-26(38)32(24)28-10-2-6-14-41(28)34/h1-20H/q+3/p+1. The molecule has 3 aliphatic rings. The van der Waals surface area contributed by atoms with Crippen molar-refractivity contribution < 1.29 is 35.8 Å². The van der Waals surface area contributed by atoms with Gasteiger partial charge in [-0.1, -0.05) is 15.2 Å². The van der Waals surface area contributed by atoms with E-state index in [2.05, 4.69) is 5.32 Å². The summed E-state index contributed by atoms with van der Waals surface area (Å²) in [4.78, 5) is -1.23. The second-order valence-corrected chi connectivity index (χ2v) is 12.1. The van der Waals surface area contributed by atoms with E-state index < -0.39 is 34.1 Å². The van der Waals surface area contributed by atoms with Gasteiger partial charge >= 0.3 is 10.8 Å². The molecule has 9 rings (SSSR count). The van der Waals surface area contributed by atoms with Crippen molar-refractivity contribution in [1.82, 2.24) is 0 Å². The largest absolute Gasteiger partial charge is 0.534 e. The van der Waals surface area contributed by atoms with Crippen LogP contribution >= 0.6 is 11.8 Å². The molecule has 2 aromatic carbocycles. The number of nitrogens with one attached hydrogen (secondary N) is 1. The van der Waals surface area contributed by atoms with Gasteiger partial charge in [-0.2, -0.15) is 4.57 Å². The van der Waals surface area contributed by atoms with Crippen molar-refractivity contribution in [2.24, 2.45) is 0 Å². The molecule has 5 nitrogen and oxygen atoms in total. The minimum absolute atomic E-state index is 0.277. The third-order valence-corrected chi connectivity index (χ3v) is 10.1. The number of aromatic nitrogens is 4. The van der Waals surface area contributed by atoms with Crippen LogP contribution in [0.5, 0.6) is 0 Å². The summed E-state index contributed by atoms with van der Waals surface area (Å²) < 4.78 is 69.3. The van der Waals surface area contributed by atoms with Gasteiger partial charge in [0.2, 0.25) is 11.4 Å². The number of benzene rings is 2. The second-order valence-electron chi connectivity index (χ2n) is 10.9. The SMILES string of the molecule is Fc1cc(F)c2c(c1)C1(Nc3cccc[n+]3C3(Sc4cccc[n+]41)c1cc(F)cc(F)c1-c1cccc[n+]13)[n+]1ccccc1-2. The highest BCUT2D eigenvalue weighted by atomic mass is 32.2. The normalized spacial score (nSPS) is 20.1. The summed E-state index contributed by atoms with van der Waals surface area (Å²) in [5.74, 6) is -3.56. The van der Waals surface area contributed by atoms with Crippen molar-refractivity contribution in [1.29, 1.82) is 0 Å². The number of anilines is 1. The van der Waals surface area contributed by atoms with Gasteiger partial charge in [-0.15, -0.1) is 9.88 Å². The van der Waals surface area contributed by atoms with Crippen molar-refractivity contribution in [2.45, 2.75) is 15.8 Å². The molecule has 3 aliphatic heterocycles. The Bertz CT molecular complexity index is 2070. The maximum Gasteiger partial charge on any atom is 0.534 e. The van der Waals surface area contributed by atoms with Crippen LogP contribution in [-0.4, -0.2) is 0 Å². The van der Waals surface area contributed by atoms with Crippen LogP contribution < -0.4 is 23.6 Å². The van der Waals surface area contributed by atoms with Crippen molar-refractivity contribution in [3.63, 3.8) is 0 Å². The lowest BCUT2D eigenvalue weighted by atomic mass is 10.0. The molecule has 212 valence electrons. The van der Waals surface area contributed by atoms with E-state index in [9.17, 15) is 0 Å². The minimum atomic E-state index is -1.36. The highest BCUT2D eigenvalue weighted by molar-refractivity contribution is 7.99. The molecule has 2 spiro atoms. The fraction of sp³-hybridized carbons (Fsp3) is 0.0588. The molecule has 0 saturated carbocycles. The lowest BCUT2D eigenvalue weighted by molar-refractivity contribution is -0.989. The van der Waals surface area contributed by atoms with Gasteiger partial charge in [0.15, 0.2) is 24.2 Å². The van der Waals surface area contributed by atoms with Crippen LogP contribution in [0.3, 0.4) is 0 Å². The zero-order valence-corrected chi connectivity index (χ0v) is 23.6. The van der Waals surface area contributed by atoms with Crippen LogP contribution in [-0.2, 0) is 10.8 Å². The molecule has 7 heterocycles. The number of thioether (sulfide) groups is 1. The molecule has 0 saturated heterocycles. The Morgan fingerprint density at radius 1 is 0.545 bits per heavy atom. The van der Waals surface area contributed by atoms with E-state index in [0.29, 0.717) is 38.9 Å². The van der Waals surface area contributed by atoms with E-state index in [4.69, 9.17) is 0 Å². The van der Waals surface area contributed by atoms with Gasteiger partial charge in [-0.05, 0) is 36.4 Å². The number of rotatable bonds is 0. The first-order valence-corrected chi connectivity index (χ1v) is 14.8. The Labute approximate surface area is 252 Å². The van der Waals surface area contributed by atoms with E-state index in [0.717, 1.165) is 12.1 Å². The molecule has 0 bridgehead atoms. The summed E-state index contributed by atoms with van der Waals surface area (Å²) >= 11 is 1.38. The summed E-state index contributed by atoms with van der Waals surface area (Å²) in [5.41, 5.74) is 2.53. The zero-order valence-electron chi connectivity index (χ0n) is 22.8. The fourth-order valence-electron chi connectivity index (χ4n) is 7.04. The molecule has 0 fully saturated rings. The topological polar surface area (TPSA) is 27.5 Å². The van der Waals surface area contributed by atoms with Crippen LogP contribution in [0, 0.1) is 23.3 Å². The van der Waals surface area contributed by atoms with Gasteiger partial charge in [-0.3, -0.25) is 0 Å². The fourth-order valence-corrected chi connectivity index (χ4v) is 8.56. The third kappa shape index (κ3) is 3.05. The number of fused-ring (bicyclic) bond motifs is 14. The predicted octanol–water partition coefficient (Wildman–Crippen LogP) is 4.99. The van der Waals surface area contributed by atoms with Crippen molar-refractivity contribution in [3.8, 4) is 22.5 Å². The van der Waals surface area contributed by atoms with Gasteiger partial charge in [0.25, 0.3) is 10.8 Å². The molecule has 10 heteroatoms. The average molecular weight is 608 g/mol. The number of hydrogen-bond acceptors (Lipinski definition) is 2. The molecule has 6 aromatic rings. The molecular weight excluding hydrogens is 586 g/mol. The molecule has 44 heavy (non-hydrogen) atoms. The summed E-state index contributed by atoms with van der Waals surface area (Å²) in [7, 11) is 0. The van der Waals surface area contributed by atoms with Crippen LogP contribution in [0.25, 0.3) is 22.5 Å². The van der Waals surface area contributed by atoms with Crippen LogP contribution in [0.2, 0.25) is 0 Å². The van der Waals surface area contributed by atoms with Gasteiger partial charge in [-0.25, -0.2) is 17.6 Å². The quantitative estimate of drug-likeness (QED) is 0.195. The molecule has 2 atom stereocenters. The summed E-state index contributed by atoms with van der Waals surface area (Å²) in [6.45, 7) is 0. The Hall–Kier alpha value is -5.09. The number of pyridine rings is 4. The van der Waals surface area contributed by atoms with E-state index in [1.807, 2.05) is 110 Å². The molecule has 0 amide bonds. The molecule has 0 radical (unpaired) electrons. The first-order chi connectivity index (χ1) is 21.4. The van der Waals surface area contributed by atoms with Crippen LogP contribution in [0.15, 0.2) is 127 Å². The Kier molecular flexibility index (Phi) is 5.04. The molecule has 2 unspecified atom stereocenters. The van der Waals surface area contributed by atoms with Gasteiger partial charge in [0.1, 0.15) is 34.4 Å². The number of hydrogen-bond donors (Lipinski definition) is 1. The second kappa shape index (κ2) is 8.73. The summed E-state index contributed by atoms with van der Waals surface area (Å²) in [5, 5.41) is 4.35. The monoisotopic (exact) mass is 607 g/mol. The summed E-state index contributed by atoms with van der Waals surface area (Å²) in [6.07, 6.45) is 7.38. The molecule has 1 N–H and O–H groups in total. The van der Waals surface area contributed by atoms with Crippen molar-refractivity contribution in [2.75, 3.05) is 5.32 Å². The molecular formula is C34H21F4N5S+4. The van der Waals surface area contributed by atoms with Gasteiger partial charge < -0.3 is 0 Å². The molecule has 0 aliphatic carbocycles. The van der Waals surface area contributed by atoms with Crippen LogP contribution in [0.1, 0.15) is 11.1 Å². The van der Waals surface area contributed by atoms with Crippen LogP contribution in [0.4, 0.5) is 23.4 Å². The highest BCUT2D eigenvalue weighted by Crippen LogP contribution is 2.48. The average Bonchev–Trinajstić information content (AvgIpc) is 3.45. The first-order valence-electron chi connectivity index (χ1n) is 13.9. The van der Waals surface area contributed by atoms with E-state index in [-0.39, 0.29) is 5.56 Å². The Balaban J connectivity index is 1.44. The first kappa shape index (κ1) is 25.4. The van der Waals surface area contributed by atoms with E-state index >= 15 is 17.6 Å². The van der Waals surface area contributed by atoms with E-state index in [1.54, 1.807) is 6.07 Å². The number of nitrogens with zero attached hydrogens (tertiary/aromatic N) is 4. The summed E-state index contributed by atoms with van der Waals surface area (Å²) in [6, 6.07) is 26.7. The highest BCUT2D eigenvalue weighted by Gasteiger charge is 2.71. The lowest BCUT2D eigenvalue weighted by Crippen LogP contribution is -2.81.